The number of para-hydroxylation sites is 2. The van der Waals surface area contributed by atoms with Gasteiger partial charge in [0.25, 0.3) is 0 Å². The molecule has 1 heterocycles. The second-order valence-electron chi connectivity index (χ2n) is 6.61. The van der Waals surface area contributed by atoms with Crippen LogP contribution in [-0.2, 0) is 19.5 Å². The van der Waals surface area contributed by atoms with Crippen LogP contribution in [0.5, 0.6) is 11.5 Å². The molecule has 148 valence electrons. The zero-order valence-corrected chi connectivity index (χ0v) is 16.5. The number of nitrogens with one attached hydrogen (secondary N) is 1. The van der Waals surface area contributed by atoms with Crippen molar-refractivity contribution < 1.29 is 14.6 Å². The summed E-state index contributed by atoms with van der Waals surface area (Å²) >= 11 is 0. The molecule has 7 heteroatoms. The fourth-order valence-electron chi connectivity index (χ4n) is 3.26. The van der Waals surface area contributed by atoms with E-state index in [2.05, 4.69) is 27.9 Å². The highest BCUT2D eigenvalue weighted by Crippen LogP contribution is 2.26. The number of urea groups is 1. The Labute approximate surface area is 164 Å². The van der Waals surface area contributed by atoms with Crippen LogP contribution in [0.3, 0.4) is 0 Å². The Hall–Kier alpha value is -3.22. The zero-order chi connectivity index (χ0) is 20.1. The minimum Gasteiger partial charge on any atom is -0.504 e. The molecule has 0 spiro atoms. The van der Waals surface area contributed by atoms with Crippen LogP contribution in [0, 0.1) is 0 Å². The van der Waals surface area contributed by atoms with E-state index in [-0.39, 0.29) is 11.8 Å². The number of carbonyl (C=O) groups excluding carboxylic acids is 1. The molecule has 0 radical (unpaired) electrons. The molecule has 0 bridgehead atoms. The molecule has 3 rings (SSSR count). The van der Waals surface area contributed by atoms with Gasteiger partial charge in [0.1, 0.15) is 5.82 Å². The van der Waals surface area contributed by atoms with Gasteiger partial charge >= 0.3 is 6.03 Å². The van der Waals surface area contributed by atoms with Crippen molar-refractivity contribution in [3.63, 3.8) is 0 Å². The molecule has 3 aromatic rings. The molecule has 0 saturated carbocycles. The van der Waals surface area contributed by atoms with E-state index in [1.807, 2.05) is 24.3 Å². The van der Waals surface area contributed by atoms with Gasteiger partial charge in [-0.3, -0.25) is 0 Å². The zero-order valence-electron chi connectivity index (χ0n) is 16.5. The van der Waals surface area contributed by atoms with E-state index in [4.69, 9.17) is 4.74 Å². The Kier molecular flexibility index (Phi) is 6.03. The number of imidazole rings is 1. The van der Waals surface area contributed by atoms with Crippen molar-refractivity contribution in [2.45, 2.75) is 26.4 Å². The van der Waals surface area contributed by atoms with Crippen molar-refractivity contribution in [3.8, 4) is 11.5 Å². The molecule has 0 unspecified atom stereocenters. The largest absolute Gasteiger partial charge is 0.504 e. The quantitative estimate of drug-likeness (QED) is 0.658. The SMILES string of the molecule is CCn1c(CCNC(=O)N(C)Cc2ccc(OC)c(O)c2)nc2ccccc21. The number of amides is 2. The number of hydrogen-bond acceptors (Lipinski definition) is 4. The molecule has 28 heavy (non-hydrogen) atoms. The van der Waals surface area contributed by atoms with E-state index in [1.54, 1.807) is 24.1 Å². The number of benzene rings is 2. The molecular weight excluding hydrogens is 356 g/mol. The molecule has 0 aliphatic heterocycles. The molecule has 2 aromatic carbocycles. The van der Waals surface area contributed by atoms with Crippen molar-refractivity contribution in [1.29, 1.82) is 0 Å². The molecule has 1 aromatic heterocycles. The smallest absolute Gasteiger partial charge is 0.317 e. The topological polar surface area (TPSA) is 79.6 Å². The van der Waals surface area contributed by atoms with Gasteiger partial charge in [0, 0.05) is 33.1 Å². The van der Waals surface area contributed by atoms with Crippen molar-refractivity contribution in [3.05, 3.63) is 53.9 Å². The van der Waals surface area contributed by atoms with Gasteiger partial charge in [0.2, 0.25) is 0 Å². The Morgan fingerprint density at radius 3 is 2.79 bits per heavy atom. The third-order valence-corrected chi connectivity index (χ3v) is 4.68. The molecule has 2 N–H and O–H groups in total. The number of rotatable bonds is 7. The number of aromatic hydroxyl groups is 1. The molecule has 0 aliphatic rings. The van der Waals surface area contributed by atoms with E-state index in [1.165, 1.54) is 7.11 Å². The lowest BCUT2D eigenvalue weighted by atomic mass is 10.2. The third-order valence-electron chi connectivity index (χ3n) is 4.68. The highest BCUT2D eigenvalue weighted by Gasteiger charge is 2.12. The number of aromatic nitrogens is 2. The monoisotopic (exact) mass is 382 g/mol. The molecule has 0 atom stereocenters. The number of nitrogens with zero attached hydrogens (tertiary/aromatic N) is 3. The number of phenols is 1. The summed E-state index contributed by atoms with van der Waals surface area (Å²) in [6.45, 7) is 3.82. The highest BCUT2D eigenvalue weighted by molar-refractivity contribution is 5.76. The summed E-state index contributed by atoms with van der Waals surface area (Å²) in [6, 6.07) is 13.0. The van der Waals surface area contributed by atoms with Crippen LogP contribution in [-0.4, -0.2) is 46.3 Å². The van der Waals surface area contributed by atoms with E-state index in [9.17, 15) is 9.90 Å². The van der Waals surface area contributed by atoms with Crippen LogP contribution >= 0.6 is 0 Å². The standard InChI is InChI=1S/C21H26N4O3/c1-4-25-17-8-6-5-7-16(17)23-20(25)11-12-22-21(27)24(2)14-15-9-10-19(28-3)18(26)13-15/h5-10,13,26H,4,11-12,14H2,1-3H3,(H,22,27). The molecule has 0 aliphatic carbocycles. The molecule has 0 fully saturated rings. The van der Waals surface area contributed by atoms with Gasteiger partial charge in [-0.05, 0) is 36.8 Å². The van der Waals surface area contributed by atoms with Gasteiger partial charge in [-0.1, -0.05) is 18.2 Å². The first-order chi connectivity index (χ1) is 13.5. The van der Waals surface area contributed by atoms with Crippen molar-refractivity contribution in [1.82, 2.24) is 19.8 Å². The predicted octanol–water partition coefficient (Wildman–Crippen LogP) is 3.15. The van der Waals surface area contributed by atoms with Gasteiger partial charge in [0.05, 0.1) is 18.1 Å². The Morgan fingerprint density at radius 2 is 2.07 bits per heavy atom. The average Bonchev–Trinajstić information content (AvgIpc) is 3.05. The van der Waals surface area contributed by atoms with E-state index in [0.29, 0.717) is 25.3 Å². The summed E-state index contributed by atoms with van der Waals surface area (Å²) in [4.78, 5) is 18.6. The van der Waals surface area contributed by atoms with Crippen LogP contribution in [0.2, 0.25) is 0 Å². The highest BCUT2D eigenvalue weighted by atomic mass is 16.5. The van der Waals surface area contributed by atoms with Crippen LogP contribution in [0.4, 0.5) is 4.79 Å². The Balaban J connectivity index is 1.56. The summed E-state index contributed by atoms with van der Waals surface area (Å²) in [5.74, 6) is 1.44. The first kappa shape index (κ1) is 19.5. The maximum absolute atomic E-state index is 12.4. The number of phenolic OH excluding ortho intramolecular Hbond substituents is 1. The third kappa shape index (κ3) is 4.19. The molecule has 7 nitrogen and oxygen atoms in total. The van der Waals surface area contributed by atoms with Crippen LogP contribution < -0.4 is 10.1 Å². The minimum absolute atomic E-state index is 0.0623. The maximum Gasteiger partial charge on any atom is 0.317 e. The number of aryl methyl sites for hydroxylation is 1. The number of fused-ring (bicyclic) bond motifs is 1. The normalized spacial score (nSPS) is 10.8. The Morgan fingerprint density at radius 1 is 1.29 bits per heavy atom. The van der Waals surface area contributed by atoms with Crippen LogP contribution in [0.1, 0.15) is 18.3 Å². The Bertz CT molecular complexity index is 967. The average molecular weight is 382 g/mol. The molecule has 0 saturated heterocycles. The number of hydrogen-bond donors (Lipinski definition) is 2. The fraction of sp³-hybridized carbons (Fsp3) is 0.333. The lowest BCUT2D eigenvalue weighted by Crippen LogP contribution is -2.38. The predicted molar refractivity (Wildman–Crippen MR) is 109 cm³/mol. The maximum atomic E-state index is 12.4. The summed E-state index contributed by atoms with van der Waals surface area (Å²) in [5, 5.41) is 12.8. The first-order valence-electron chi connectivity index (χ1n) is 9.32. The molecular formula is C21H26N4O3. The lowest BCUT2D eigenvalue weighted by Gasteiger charge is -2.18. The summed E-state index contributed by atoms with van der Waals surface area (Å²) in [6.07, 6.45) is 0.658. The first-order valence-corrected chi connectivity index (χ1v) is 9.32. The van der Waals surface area contributed by atoms with Crippen molar-refractivity contribution >= 4 is 17.1 Å². The number of methoxy groups -OCH3 is 1. The van der Waals surface area contributed by atoms with Crippen molar-refractivity contribution in [2.75, 3.05) is 20.7 Å². The summed E-state index contributed by atoms with van der Waals surface area (Å²) < 4.78 is 7.21. The second kappa shape index (κ2) is 8.65. The van der Waals surface area contributed by atoms with Gasteiger partial charge in [-0.25, -0.2) is 9.78 Å². The van der Waals surface area contributed by atoms with Gasteiger partial charge in [-0.15, -0.1) is 0 Å². The van der Waals surface area contributed by atoms with E-state index < -0.39 is 0 Å². The van der Waals surface area contributed by atoms with Gasteiger partial charge in [-0.2, -0.15) is 0 Å². The second-order valence-corrected chi connectivity index (χ2v) is 6.61. The van der Waals surface area contributed by atoms with Gasteiger partial charge in [0.15, 0.2) is 11.5 Å². The van der Waals surface area contributed by atoms with E-state index >= 15 is 0 Å². The summed E-state index contributed by atoms with van der Waals surface area (Å²) in [7, 11) is 3.22. The molecule has 2 amide bonds. The minimum atomic E-state index is -0.172. The van der Waals surface area contributed by atoms with Gasteiger partial charge < -0.3 is 24.6 Å². The number of ether oxygens (including phenoxy) is 1. The summed E-state index contributed by atoms with van der Waals surface area (Å²) in [5.41, 5.74) is 2.91. The fourth-order valence-corrected chi connectivity index (χ4v) is 3.26. The van der Waals surface area contributed by atoms with E-state index in [0.717, 1.165) is 29.0 Å². The van der Waals surface area contributed by atoms with Crippen molar-refractivity contribution in [2.24, 2.45) is 0 Å². The van der Waals surface area contributed by atoms with Crippen LogP contribution in [0.15, 0.2) is 42.5 Å². The van der Waals surface area contributed by atoms with Crippen LogP contribution in [0.25, 0.3) is 11.0 Å². The lowest BCUT2D eigenvalue weighted by molar-refractivity contribution is 0.207. The number of carbonyl (C=O) groups is 1.